The molecule has 3 heteroatoms. The van der Waals surface area contributed by atoms with Gasteiger partial charge in [-0.3, -0.25) is 4.98 Å². The zero-order chi connectivity index (χ0) is 10.7. The zero-order valence-corrected chi connectivity index (χ0v) is 8.27. The SMILES string of the molecule is COc1ccccc1-c1cc(F)ccn1. The fraction of sp³-hybridized carbons (Fsp3) is 0.0833. The summed E-state index contributed by atoms with van der Waals surface area (Å²) in [4.78, 5) is 4.10. The maximum atomic E-state index is 13.0. The molecule has 0 spiro atoms. The Balaban J connectivity index is 2.53. The topological polar surface area (TPSA) is 22.1 Å². The van der Waals surface area contributed by atoms with Crippen molar-refractivity contribution >= 4 is 0 Å². The van der Waals surface area contributed by atoms with Gasteiger partial charge in [-0.05, 0) is 18.2 Å². The maximum Gasteiger partial charge on any atom is 0.128 e. The molecule has 0 unspecified atom stereocenters. The van der Waals surface area contributed by atoms with Crippen molar-refractivity contribution in [2.24, 2.45) is 0 Å². The van der Waals surface area contributed by atoms with Gasteiger partial charge in [0.2, 0.25) is 0 Å². The minimum absolute atomic E-state index is 0.300. The molecule has 0 saturated heterocycles. The molecule has 0 radical (unpaired) electrons. The number of halogens is 1. The van der Waals surface area contributed by atoms with E-state index in [4.69, 9.17) is 4.74 Å². The number of hydrogen-bond acceptors (Lipinski definition) is 2. The van der Waals surface area contributed by atoms with E-state index in [0.717, 1.165) is 5.56 Å². The minimum atomic E-state index is -0.300. The highest BCUT2D eigenvalue weighted by atomic mass is 19.1. The quantitative estimate of drug-likeness (QED) is 0.748. The molecule has 0 fully saturated rings. The number of benzene rings is 1. The molecular weight excluding hydrogens is 193 g/mol. The van der Waals surface area contributed by atoms with Crippen LogP contribution in [0.25, 0.3) is 11.3 Å². The third-order valence-electron chi connectivity index (χ3n) is 2.10. The van der Waals surface area contributed by atoms with Crippen molar-refractivity contribution in [1.29, 1.82) is 0 Å². The van der Waals surface area contributed by atoms with Crippen LogP contribution >= 0.6 is 0 Å². The maximum absolute atomic E-state index is 13.0. The summed E-state index contributed by atoms with van der Waals surface area (Å²) in [6.07, 6.45) is 1.44. The lowest BCUT2D eigenvalue weighted by molar-refractivity contribution is 0.416. The number of hydrogen-bond donors (Lipinski definition) is 0. The van der Waals surface area contributed by atoms with Crippen LogP contribution in [0, 0.1) is 5.82 Å². The molecule has 0 atom stereocenters. The standard InChI is InChI=1S/C12H10FNO/c1-15-12-5-3-2-4-10(12)11-8-9(13)6-7-14-11/h2-8H,1H3. The second-order valence-electron chi connectivity index (χ2n) is 3.06. The molecule has 2 rings (SSSR count). The summed E-state index contributed by atoms with van der Waals surface area (Å²) in [5.74, 6) is 0.390. The fourth-order valence-corrected chi connectivity index (χ4v) is 1.41. The van der Waals surface area contributed by atoms with Crippen LogP contribution in [0.1, 0.15) is 0 Å². The van der Waals surface area contributed by atoms with E-state index in [1.165, 1.54) is 18.3 Å². The van der Waals surface area contributed by atoms with E-state index in [1.54, 1.807) is 7.11 Å². The van der Waals surface area contributed by atoms with Gasteiger partial charge in [-0.15, -0.1) is 0 Å². The third-order valence-corrected chi connectivity index (χ3v) is 2.10. The summed E-state index contributed by atoms with van der Waals surface area (Å²) in [5.41, 5.74) is 1.37. The molecule has 15 heavy (non-hydrogen) atoms. The molecule has 2 nitrogen and oxygen atoms in total. The van der Waals surface area contributed by atoms with E-state index >= 15 is 0 Å². The fourth-order valence-electron chi connectivity index (χ4n) is 1.41. The van der Waals surface area contributed by atoms with Crippen molar-refractivity contribution in [3.63, 3.8) is 0 Å². The number of rotatable bonds is 2. The molecule has 0 aliphatic carbocycles. The summed E-state index contributed by atoms with van der Waals surface area (Å²) in [6.45, 7) is 0. The van der Waals surface area contributed by atoms with Crippen molar-refractivity contribution in [3.05, 3.63) is 48.4 Å². The van der Waals surface area contributed by atoms with E-state index in [9.17, 15) is 4.39 Å². The van der Waals surface area contributed by atoms with Crippen molar-refractivity contribution in [3.8, 4) is 17.0 Å². The summed E-state index contributed by atoms with van der Waals surface area (Å²) in [7, 11) is 1.58. The molecule has 0 N–H and O–H groups in total. The van der Waals surface area contributed by atoms with E-state index < -0.39 is 0 Å². The number of methoxy groups -OCH3 is 1. The molecule has 0 bridgehead atoms. The van der Waals surface area contributed by atoms with Gasteiger partial charge in [0.25, 0.3) is 0 Å². The van der Waals surface area contributed by atoms with Gasteiger partial charge in [0.05, 0.1) is 12.8 Å². The molecule has 1 heterocycles. The number of nitrogens with zero attached hydrogens (tertiary/aromatic N) is 1. The number of ether oxygens (including phenoxy) is 1. The number of pyridine rings is 1. The van der Waals surface area contributed by atoms with E-state index in [1.807, 2.05) is 24.3 Å². The first-order valence-corrected chi connectivity index (χ1v) is 4.56. The zero-order valence-electron chi connectivity index (χ0n) is 8.27. The molecule has 1 aromatic carbocycles. The van der Waals surface area contributed by atoms with Crippen LogP contribution in [0.3, 0.4) is 0 Å². The van der Waals surface area contributed by atoms with Gasteiger partial charge in [0, 0.05) is 17.8 Å². The summed E-state index contributed by atoms with van der Waals surface area (Å²) in [5, 5.41) is 0. The summed E-state index contributed by atoms with van der Waals surface area (Å²) >= 11 is 0. The predicted octanol–water partition coefficient (Wildman–Crippen LogP) is 2.90. The normalized spacial score (nSPS) is 10.0. The molecule has 2 aromatic rings. The first-order chi connectivity index (χ1) is 7.31. The van der Waals surface area contributed by atoms with Crippen LogP contribution in [0.4, 0.5) is 4.39 Å². The largest absolute Gasteiger partial charge is 0.496 e. The second-order valence-corrected chi connectivity index (χ2v) is 3.06. The molecule has 0 saturated carbocycles. The second kappa shape index (κ2) is 4.09. The van der Waals surface area contributed by atoms with Crippen LogP contribution in [0.2, 0.25) is 0 Å². The highest BCUT2D eigenvalue weighted by molar-refractivity contribution is 5.66. The Kier molecular flexibility index (Phi) is 2.63. The van der Waals surface area contributed by atoms with E-state index in [0.29, 0.717) is 11.4 Å². The van der Waals surface area contributed by atoms with Crippen LogP contribution in [-0.2, 0) is 0 Å². The van der Waals surface area contributed by atoms with Gasteiger partial charge in [-0.1, -0.05) is 12.1 Å². The average Bonchev–Trinajstić information content (AvgIpc) is 2.29. The first kappa shape index (κ1) is 9.65. The van der Waals surface area contributed by atoms with Gasteiger partial charge in [-0.2, -0.15) is 0 Å². The van der Waals surface area contributed by atoms with Crippen LogP contribution in [0.15, 0.2) is 42.6 Å². The molecule has 76 valence electrons. The first-order valence-electron chi connectivity index (χ1n) is 4.56. The van der Waals surface area contributed by atoms with Gasteiger partial charge in [0.15, 0.2) is 0 Å². The highest BCUT2D eigenvalue weighted by Crippen LogP contribution is 2.27. The molecule has 0 aliphatic heterocycles. The lowest BCUT2D eigenvalue weighted by atomic mass is 10.1. The smallest absolute Gasteiger partial charge is 0.128 e. The lowest BCUT2D eigenvalue weighted by Crippen LogP contribution is -1.90. The van der Waals surface area contributed by atoms with E-state index in [-0.39, 0.29) is 5.82 Å². The monoisotopic (exact) mass is 203 g/mol. The van der Waals surface area contributed by atoms with Crippen molar-refractivity contribution < 1.29 is 9.13 Å². The molecule has 0 amide bonds. The summed E-state index contributed by atoms with van der Waals surface area (Å²) < 4.78 is 18.2. The molecular formula is C12H10FNO. The highest BCUT2D eigenvalue weighted by Gasteiger charge is 2.06. The predicted molar refractivity (Wildman–Crippen MR) is 56.2 cm³/mol. The van der Waals surface area contributed by atoms with Gasteiger partial charge >= 0.3 is 0 Å². The average molecular weight is 203 g/mol. The lowest BCUT2D eigenvalue weighted by Gasteiger charge is -2.06. The van der Waals surface area contributed by atoms with Gasteiger partial charge in [-0.25, -0.2) is 4.39 Å². The Hall–Kier alpha value is -1.90. The Bertz CT molecular complexity index is 471. The Labute approximate surface area is 87.4 Å². The van der Waals surface area contributed by atoms with Gasteiger partial charge in [0.1, 0.15) is 11.6 Å². The Morgan fingerprint density at radius 2 is 2.00 bits per heavy atom. The van der Waals surface area contributed by atoms with E-state index in [2.05, 4.69) is 4.98 Å². The number of para-hydroxylation sites is 1. The summed E-state index contributed by atoms with van der Waals surface area (Å²) in [6, 6.07) is 10.1. The molecule has 0 aliphatic rings. The van der Waals surface area contributed by atoms with Crippen molar-refractivity contribution in [2.45, 2.75) is 0 Å². The Morgan fingerprint density at radius 3 is 2.73 bits per heavy atom. The van der Waals surface area contributed by atoms with Crippen LogP contribution in [-0.4, -0.2) is 12.1 Å². The van der Waals surface area contributed by atoms with Crippen LogP contribution < -0.4 is 4.74 Å². The third kappa shape index (κ3) is 1.96. The van der Waals surface area contributed by atoms with Crippen molar-refractivity contribution in [2.75, 3.05) is 7.11 Å². The molecule has 1 aromatic heterocycles. The number of aromatic nitrogens is 1. The Morgan fingerprint density at radius 1 is 1.20 bits per heavy atom. The van der Waals surface area contributed by atoms with Gasteiger partial charge < -0.3 is 4.74 Å². The van der Waals surface area contributed by atoms with Crippen LogP contribution in [0.5, 0.6) is 5.75 Å². The van der Waals surface area contributed by atoms with Crippen molar-refractivity contribution in [1.82, 2.24) is 4.98 Å². The minimum Gasteiger partial charge on any atom is -0.496 e.